The predicted octanol–water partition coefficient (Wildman–Crippen LogP) is 0.323. The first-order chi connectivity index (χ1) is 9.29. The van der Waals surface area contributed by atoms with Crippen molar-refractivity contribution in [3.05, 3.63) is 35.7 Å². The zero-order valence-corrected chi connectivity index (χ0v) is 11.8. The van der Waals surface area contributed by atoms with Crippen molar-refractivity contribution in [2.75, 3.05) is 5.73 Å². The van der Waals surface area contributed by atoms with Crippen molar-refractivity contribution in [3.8, 4) is 0 Å². The summed E-state index contributed by atoms with van der Waals surface area (Å²) < 4.78 is 41.3. The fourth-order valence-corrected chi connectivity index (χ4v) is 2.73. The highest BCUT2D eigenvalue weighted by molar-refractivity contribution is 7.89. The number of rotatable bonds is 4. The fraction of sp³-hybridized carbons (Fsp3) is 0.273. The van der Waals surface area contributed by atoms with Crippen molar-refractivity contribution in [2.24, 2.45) is 7.05 Å². The summed E-state index contributed by atoms with van der Waals surface area (Å²) >= 11 is 0. The summed E-state index contributed by atoms with van der Waals surface area (Å²) in [6.07, 6.45) is 1.46. The molecule has 20 heavy (non-hydrogen) atoms. The van der Waals surface area contributed by atoms with Gasteiger partial charge in [0.25, 0.3) is 0 Å². The van der Waals surface area contributed by atoms with Crippen molar-refractivity contribution >= 4 is 15.7 Å². The number of nitrogens with two attached hydrogens (primary N) is 1. The SMILES string of the molecule is Cc1cc(S(=O)(=O)NCc2ncn(C)n2)cc(N)c1F. The van der Waals surface area contributed by atoms with E-state index in [0.29, 0.717) is 5.82 Å². The number of aromatic nitrogens is 3. The molecule has 0 amide bonds. The highest BCUT2D eigenvalue weighted by Crippen LogP contribution is 2.20. The number of benzene rings is 1. The number of nitrogens with zero attached hydrogens (tertiary/aromatic N) is 3. The number of anilines is 1. The van der Waals surface area contributed by atoms with Crippen LogP contribution >= 0.6 is 0 Å². The van der Waals surface area contributed by atoms with Gasteiger partial charge in [0.1, 0.15) is 12.1 Å². The summed E-state index contributed by atoms with van der Waals surface area (Å²) in [6, 6.07) is 2.30. The van der Waals surface area contributed by atoms with Crippen LogP contribution in [0, 0.1) is 12.7 Å². The average Bonchev–Trinajstić information content (AvgIpc) is 2.79. The summed E-state index contributed by atoms with van der Waals surface area (Å²) in [6.45, 7) is 1.39. The first kappa shape index (κ1) is 14.4. The van der Waals surface area contributed by atoms with Gasteiger partial charge in [-0.05, 0) is 24.6 Å². The van der Waals surface area contributed by atoms with Crippen LogP contribution in [0.2, 0.25) is 0 Å². The number of halogens is 1. The third-order valence-corrected chi connectivity index (χ3v) is 4.01. The first-order valence-corrected chi connectivity index (χ1v) is 7.18. The molecule has 1 aromatic carbocycles. The lowest BCUT2D eigenvalue weighted by Crippen LogP contribution is -2.24. The van der Waals surface area contributed by atoms with Crippen molar-refractivity contribution in [1.82, 2.24) is 19.5 Å². The minimum Gasteiger partial charge on any atom is -0.396 e. The summed E-state index contributed by atoms with van der Waals surface area (Å²) in [4.78, 5) is 3.81. The maximum absolute atomic E-state index is 13.4. The molecule has 7 nitrogen and oxygen atoms in total. The Hall–Kier alpha value is -2.00. The van der Waals surface area contributed by atoms with Crippen LogP contribution in [-0.2, 0) is 23.6 Å². The zero-order valence-electron chi connectivity index (χ0n) is 11.0. The van der Waals surface area contributed by atoms with Gasteiger partial charge in [0, 0.05) is 7.05 Å². The summed E-state index contributed by atoms with van der Waals surface area (Å²) in [5, 5.41) is 3.95. The van der Waals surface area contributed by atoms with Crippen molar-refractivity contribution in [2.45, 2.75) is 18.4 Å². The molecule has 9 heteroatoms. The van der Waals surface area contributed by atoms with Gasteiger partial charge < -0.3 is 5.73 Å². The molecule has 0 atom stereocenters. The van der Waals surface area contributed by atoms with Gasteiger partial charge in [-0.2, -0.15) is 5.10 Å². The normalized spacial score (nSPS) is 11.8. The van der Waals surface area contributed by atoms with Gasteiger partial charge in [-0.1, -0.05) is 0 Å². The maximum Gasteiger partial charge on any atom is 0.241 e. The van der Waals surface area contributed by atoms with E-state index in [4.69, 9.17) is 5.73 Å². The Morgan fingerprint density at radius 1 is 1.45 bits per heavy atom. The molecule has 0 saturated heterocycles. The van der Waals surface area contributed by atoms with E-state index in [0.717, 1.165) is 6.07 Å². The molecule has 0 unspecified atom stereocenters. The van der Waals surface area contributed by atoms with E-state index >= 15 is 0 Å². The molecule has 0 aliphatic carbocycles. The standard InChI is InChI=1S/C11H14FN5O2S/c1-7-3-8(4-9(13)11(7)12)20(18,19)15-5-10-14-6-17(2)16-10/h3-4,6,15H,5,13H2,1-2H3. The molecule has 1 heterocycles. The molecule has 1 aromatic heterocycles. The minimum absolute atomic E-state index is 0.0560. The molecule has 2 aromatic rings. The second-order valence-electron chi connectivity index (χ2n) is 4.30. The van der Waals surface area contributed by atoms with Gasteiger partial charge in [-0.15, -0.1) is 0 Å². The molecule has 108 valence electrons. The third kappa shape index (κ3) is 2.94. The number of nitrogen functional groups attached to an aromatic ring is 1. The van der Waals surface area contributed by atoms with Gasteiger partial charge in [-0.3, -0.25) is 4.68 Å². The Labute approximate surface area is 115 Å². The molecule has 0 radical (unpaired) electrons. The topological polar surface area (TPSA) is 103 Å². The molecular formula is C11H14FN5O2S. The Kier molecular flexibility index (Phi) is 3.73. The molecule has 0 spiro atoms. The quantitative estimate of drug-likeness (QED) is 0.792. The molecule has 0 bridgehead atoms. The van der Waals surface area contributed by atoms with E-state index in [1.54, 1.807) is 7.05 Å². The summed E-state index contributed by atoms with van der Waals surface area (Å²) in [5.41, 5.74) is 5.39. The average molecular weight is 299 g/mol. The van der Waals surface area contributed by atoms with Crippen LogP contribution in [-0.4, -0.2) is 23.2 Å². The smallest absolute Gasteiger partial charge is 0.241 e. The highest BCUT2D eigenvalue weighted by atomic mass is 32.2. The second-order valence-corrected chi connectivity index (χ2v) is 6.07. The molecule has 0 aliphatic rings. The molecule has 2 rings (SSSR count). The zero-order chi connectivity index (χ0) is 14.9. The first-order valence-electron chi connectivity index (χ1n) is 5.69. The lowest BCUT2D eigenvalue weighted by molar-refractivity contribution is 0.577. The Bertz CT molecular complexity index is 718. The third-order valence-electron chi connectivity index (χ3n) is 2.63. The van der Waals surface area contributed by atoms with Crippen LogP contribution in [0.4, 0.5) is 10.1 Å². The molecule has 0 saturated carbocycles. The lowest BCUT2D eigenvalue weighted by Gasteiger charge is -2.08. The number of aryl methyl sites for hydroxylation is 2. The predicted molar refractivity (Wildman–Crippen MR) is 70.6 cm³/mol. The lowest BCUT2D eigenvalue weighted by atomic mass is 10.2. The number of hydrogen-bond donors (Lipinski definition) is 2. The maximum atomic E-state index is 13.4. The Balaban J connectivity index is 2.22. The van der Waals surface area contributed by atoms with Crippen LogP contribution in [0.3, 0.4) is 0 Å². The van der Waals surface area contributed by atoms with E-state index in [1.165, 1.54) is 24.0 Å². The summed E-state index contributed by atoms with van der Waals surface area (Å²) in [5.74, 6) is -0.279. The molecular weight excluding hydrogens is 285 g/mol. The second kappa shape index (κ2) is 5.17. The van der Waals surface area contributed by atoms with Gasteiger partial charge in [0.15, 0.2) is 5.82 Å². The molecule has 0 fully saturated rings. The van der Waals surface area contributed by atoms with Crippen molar-refractivity contribution in [1.29, 1.82) is 0 Å². The van der Waals surface area contributed by atoms with E-state index in [1.807, 2.05) is 0 Å². The fourth-order valence-electron chi connectivity index (χ4n) is 1.63. The van der Waals surface area contributed by atoms with Crippen LogP contribution in [0.15, 0.2) is 23.4 Å². The van der Waals surface area contributed by atoms with E-state index < -0.39 is 15.8 Å². The van der Waals surface area contributed by atoms with E-state index in [2.05, 4.69) is 14.8 Å². The monoisotopic (exact) mass is 299 g/mol. The van der Waals surface area contributed by atoms with Crippen LogP contribution in [0.1, 0.15) is 11.4 Å². The van der Waals surface area contributed by atoms with Gasteiger partial charge >= 0.3 is 0 Å². The van der Waals surface area contributed by atoms with Crippen LogP contribution in [0.25, 0.3) is 0 Å². The van der Waals surface area contributed by atoms with Crippen molar-refractivity contribution < 1.29 is 12.8 Å². The van der Waals surface area contributed by atoms with Gasteiger partial charge in [0.2, 0.25) is 10.0 Å². The highest BCUT2D eigenvalue weighted by Gasteiger charge is 2.17. The summed E-state index contributed by atoms with van der Waals surface area (Å²) in [7, 11) is -2.12. The largest absolute Gasteiger partial charge is 0.396 e. The van der Waals surface area contributed by atoms with Crippen LogP contribution in [0.5, 0.6) is 0 Å². The number of nitrogens with one attached hydrogen (secondary N) is 1. The van der Waals surface area contributed by atoms with Gasteiger partial charge in [0.05, 0.1) is 17.1 Å². The molecule has 3 N–H and O–H groups in total. The van der Waals surface area contributed by atoms with Crippen molar-refractivity contribution in [3.63, 3.8) is 0 Å². The Morgan fingerprint density at radius 3 is 2.70 bits per heavy atom. The van der Waals surface area contributed by atoms with E-state index in [9.17, 15) is 12.8 Å². The Morgan fingerprint density at radius 2 is 2.15 bits per heavy atom. The van der Waals surface area contributed by atoms with Crippen LogP contribution < -0.4 is 10.5 Å². The molecule has 0 aliphatic heterocycles. The number of sulfonamides is 1. The minimum atomic E-state index is -3.80. The number of hydrogen-bond acceptors (Lipinski definition) is 5. The van der Waals surface area contributed by atoms with Gasteiger partial charge in [-0.25, -0.2) is 22.5 Å². The van der Waals surface area contributed by atoms with E-state index in [-0.39, 0.29) is 22.7 Å².